The number of unbranched alkanes of at least 4 members (excludes halogenated alkanes) is 1. The summed E-state index contributed by atoms with van der Waals surface area (Å²) in [5.74, 6) is -0.290. The minimum atomic E-state index is -0.814. The van der Waals surface area contributed by atoms with Crippen LogP contribution in [0.5, 0.6) is 0 Å². The van der Waals surface area contributed by atoms with E-state index >= 15 is 0 Å². The number of nitrogens with two attached hydrogens (primary N) is 1. The average molecular weight is 338 g/mol. The third-order valence-electron chi connectivity index (χ3n) is 3.44. The maximum atomic E-state index is 11.9. The van der Waals surface area contributed by atoms with E-state index in [2.05, 4.69) is 0 Å². The Bertz CT molecular complexity index is 826. The number of amides is 1. The first-order chi connectivity index (χ1) is 12.0. The number of hydrogen-bond donors (Lipinski definition) is 1. The summed E-state index contributed by atoms with van der Waals surface area (Å²) in [5.41, 5.74) is 6.11. The molecule has 1 amide bonds. The predicted molar refractivity (Wildman–Crippen MR) is 92.1 cm³/mol. The lowest BCUT2D eigenvalue weighted by molar-refractivity contribution is -0.114. The molecule has 0 fully saturated rings. The summed E-state index contributed by atoms with van der Waals surface area (Å²) in [4.78, 5) is 22.9. The van der Waals surface area contributed by atoms with Crippen molar-refractivity contribution in [2.24, 2.45) is 5.73 Å². The highest BCUT2D eigenvalue weighted by atomic mass is 16.5. The summed E-state index contributed by atoms with van der Waals surface area (Å²) >= 11 is 0. The number of ether oxygens (including phenoxy) is 1. The van der Waals surface area contributed by atoms with Crippen molar-refractivity contribution in [2.75, 3.05) is 6.61 Å². The Hall–Kier alpha value is -3.33. The number of benzene rings is 1. The van der Waals surface area contributed by atoms with E-state index in [1.54, 1.807) is 42.5 Å². The van der Waals surface area contributed by atoms with Crippen molar-refractivity contribution in [1.82, 2.24) is 0 Å². The Kier molecular flexibility index (Phi) is 6.13. The zero-order chi connectivity index (χ0) is 18.2. The quantitative estimate of drug-likeness (QED) is 0.361. The number of carbonyl (C=O) groups excluding carboxylic acids is 2. The van der Waals surface area contributed by atoms with Crippen LogP contribution in [0.1, 0.15) is 35.9 Å². The van der Waals surface area contributed by atoms with Crippen LogP contribution in [0.25, 0.3) is 17.4 Å². The van der Waals surface area contributed by atoms with Crippen LogP contribution in [0.3, 0.4) is 0 Å². The molecule has 2 N–H and O–H groups in total. The van der Waals surface area contributed by atoms with Gasteiger partial charge in [0.05, 0.1) is 12.2 Å². The lowest BCUT2D eigenvalue weighted by Crippen LogP contribution is -2.12. The molecule has 1 heterocycles. The first-order valence-corrected chi connectivity index (χ1v) is 7.84. The van der Waals surface area contributed by atoms with E-state index < -0.39 is 5.91 Å². The minimum Gasteiger partial charge on any atom is -0.462 e. The van der Waals surface area contributed by atoms with Crippen molar-refractivity contribution in [3.8, 4) is 17.4 Å². The van der Waals surface area contributed by atoms with Crippen molar-refractivity contribution < 1.29 is 18.7 Å². The summed E-state index contributed by atoms with van der Waals surface area (Å²) in [6.45, 7) is 2.44. The van der Waals surface area contributed by atoms with Crippen LogP contribution >= 0.6 is 0 Å². The van der Waals surface area contributed by atoms with Gasteiger partial charge >= 0.3 is 5.97 Å². The van der Waals surface area contributed by atoms with E-state index in [1.807, 2.05) is 6.92 Å². The number of rotatable bonds is 7. The van der Waals surface area contributed by atoms with Gasteiger partial charge in [-0.15, -0.1) is 0 Å². The number of hydrogen-bond acceptors (Lipinski definition) is 5. The van der Waals surface area contributed by atoms with E-state index in [0.717, 1.165) is 18.4 Å². The molecule has 0 bridgehead atoms. The fourth-order valence-corrected chi connectivity index (χ4v) is 2.05. The molecule has 0 aliphatic heterocycles. The number of esters is 1. The van der Waals surface area contributed by atoms with Gasteiger partial charge in [-0.25, -0.2) is 4.79 Å². The van der Waals surface area contributed by atoms with Gasteiger partial charge in [-0.1, -0.05) is 25.5 Å². The highest BCUT2D eigenvalue weighted by molar-refractivity contribution is 6.00. The lowest BCUT2D eigenvalue weighted by atomic mass is 10.1. The smallest absolute Gasteiger partial charge is 0.338 e. The molecule has 1 aromatic carbocycles. The molecule has 6 heteroatoms. The Morgan fingerprint density at radius 3 is 2.56 bits per heavy atom. The van der Waals surface area contributed by atoms with Crippen molar-refractivity contribution in [2.45, 2.75) is 19.8 Å². The van der Waals surface area contributed by atoms with Crippen LogP contribution < -0.4 is 5.73 Å². The van der Waals surface area contributed by atoms with Gasteiger partial charge in [-0.3, -0.25) is 4.79 Å². The van der Waals surface area contributed by atoms with Crippen LogP contribution in [0.4, 0.5) is 0 Å². The molecular weight excluding hydrogens is 320 g/mol. The molecule has 0 aliphatic carbocycles. The lowest BCUT2D eigenvalue weighted by Gasteiger charge is -2.04. The van der Waals surface area contributed by atoms with Gasteiger partial charge in [-0.05, 0) is 30.7 Å². The Morgan fingerprint density at radius 1 is 1.24 bits per heavy atom. The molecule has 0 unspecified atom stereocenters. The Labute approximate surface area is 145 Å². The molecule has 128 valence electrons. The van der Waals surface area contributed by atoms with Gasteiger partial charge in [0.2, 0.25) is 0 Å². The molecule has 2 aromatic rings. The fourth-order valence-electron chi connectivity index (χ4n) is 2.05. The van der Waals surface area contributed by atoms with E-state index in [1.165, 1.54) is 6.08 Å². The number of primary amides is 1. The molecule has 25 heavy (non-hydrogen) atoms. The standard InChI is InChI=1S/C19H18N2O4/c1-2-3-10-24-19(23)14-6-4-13(5-7-14)17-9-8-16(25-17)11-15(12-20)18(21)22/h4-9,11H,2-3,10H2,1H3,(H2,21,22)/b15-11+. The van der Waals surface area contributed by atoms with Crippen molar-refractivity contribution >= 4 is 18.0 Å². The van der Waals surface area contributed by atoms with Gasteiger partial charge < -0.3 is 14.9 Å². The summed E-state index contributed by atoms with van der Waals surface area (Å²) in [5, 5.41) is 8.84. The maximum Gasteiger partial charge on any atom is 0.338 e. The zero-order valence-electron chi connectivity index (χ0n) is 13.8. The summed E-state index contributed by atoms with van der Waals surface area (Å²) < 4.78 is 10.7. The molecule has 0 saturated heterocycles. The van der Waals surface area contributed by atoms with Gasteiger partial charge in [0.15, 0.2) is 0 Å². The molecular formula is C19H18N2O4. The topological polar surface area (TPSA) is 106 Å². The number of nitrogens with zero attached hydrogens (tertiary/aromatic N) is 1. The van der Waals surface area contributed by atoms with Gasteiger partial charge in [0, 0.05) is 11.6 Å². The van der Waals surface area contributed by atoms with Gasteiger partial charge in [0.1, 0.15) is 23.2 Å². The number of nitriles is 1. The second-order valence-corrected chi connectivity index (χ2v) is 5.30. The fraction of sp³-hybridized carbons (Fsp3) is 0.211. The summed E-state index contributed by atoms with van der Waals surface area (Å²) in [6.07, 6.45) is 3.08. The second kappa shape index (κ2) is 8.50. The van der Waals surface area contributed by atoms with E-state index in [9.17, 15) is 9.59 Å². The Morgan fingerprint density at radius 2 is 1.96 bits per heavy atom. The molecule has 0 spiro atoms. The van der Waals surface area contributed by atoms with Crippen LogP contribution in [-0.4, -0.2) is 18.5 Å². The molecule has 6 nitrogen and oxygen atoms in total. The van der Waals surface area contributed by atoms with Crippen LogP contribution in [0.2, 0.25) is 0 Å². The number of carbonyl (C=O) groups is 2. The Balaban J connectivity index is 2.12. The minimum absolute atomic E-state index is 0.189. The van der Waals surface area contributed by atoms with Crippen LogP contribution in [0.15, 0.2) is 46.4 Å². The van der Waals surface area contributed by atoms with Crippen LogP contribution in [-0.2, 0) is 9.53 Å². The normalized spacial score (nSPS) is 11.0. The summed E-state index contributed by atoms with van der Waals surface area (Å²) in [6, 6.07) is 11.8. The second-order valence-electron chi connectivity index (χ2n) is 5.30. The average Bonchev–Trinajstić information content (AvgIpc) is 3.08. The molecule has 0 atom stereocenters. The van der Waals surface area contributed by atoms with Crippen molar-refractivity contribution in [3.63, 3.8) is 0 Å². The largest absolute Gasteiger partial charge is 0.462 e. The molecule has 1 aromatic heterocycles. The van der Waals surface area contributed by atoms with E-state index in [-0.39, 0.29) is 11.5 Å². The first kappa shape index (κ1) is 18.0. The summed E-state index contributed by atoms with van der Waals surface area (Å²) in [7, 11) is 0. The van der Waals surface area contributed by atoms with Crippen molar-refractivity contribution in [1.29, 1.82) is 5.26 Å². The van der Waals surface area contributed by atoms with E-state index in [0.29, 0.717) is 23.7 Å². The van der Waals surface area contributed by atoms with Gasteiger partial charge in [-0.2, -0.15) is 5.26 Å². The molecule has 2 rings (SSSR count). The third-order valence-corrected chi connectivity index (χ3v) is 3.44. The molecule has 0 aliphatic rings. The first-order valence-electron chi connectivity index (χ1n) is 7.84. The van der Waals surface area contributed by atoms with E-state index in [4.69, 9.17) is 20.1 Å². The highest BCUT2D eigenvalue weighted by Crippen LogP contribution is 2.24. The number of furan rings is 1. The zero-order valence-corrected chi connectivity index (χ0v) is 13.8. The predicted octanol–water partition coefficient (Wildman–Crippen LogP) is 3.30. The SMILES string of the molecule is CCCCOC(=O)c1ccc(-c2ccc(/C=C(\C#N)C(N)=O)o2)cc1. The van der Waals surface area contributed by atoms with Crippen LogP contribution in [0, 0.1) is 11.3 Å². The third kappa shape index (κ3) is 4.82. The molecule has 0 radical (unpaired) electrons. The van der Waals surface area contributed by atoms with Gasteiger partial charge in [0.25, 0.3) is 5.91 Å². The highest BCUT2D eigenvalue weighted by Gasteiger charge is 2.10. The monoisotopic (exact) mass is 338 g/mol. The molecule has 0 saturated carbocycles. The maximum absolute atomic E-state index is 11.9. The van der Waals surface area contributed by atoms with Crippen molar-refractivity contribution in [3.05, 3.63) is 53.3 Å².